The monoisotopic (exact) mass is 301 g/mol. The first-order valence-electron chi connectivity index (χ1n) is 6.23. The molecular weight excluding hydrogens is 281 g/mol. The summed E-state index contributed by atoms with van der Waals surface area (Å²) in [5, 5.41) is 3.38. The van der Waals surface area contributed by atoms with Gasteiger partial charge in [0.25, 0.3) is 0 Å². The van der Waals surface area contributed by atoms with E-state index in [9.17, 15) is 4.39 Å². The van der Waals surface area contributed by atoms with Crippen molar-refractivity contribution in [3.05, 3.63) is 34.1 Å². The number of hydrogen-bond acceptors (Lipinski definition) is 1. The molecule has 0 amide bonds. The van der Waals surface area contributed by atoms with E-state index in [1.807, 2.05) is 19.2 Å². The molecule has 3 heteroatoms. The Balaban J connectivity index is 2.76. The van der Waals surface area contributed by atoms with E-state index in [1.54, 1.807) is 0 Å². The second-order valence-corrected chi connectivity index (χ2v) is 5.28. The molecule has 0 spiro atoms. The van der Waals surface area contributed by atoms with Gasteiger partial charge in [-0.1, -0.05) is 32.8 Å². The molecule has 1 N–H and O–H groups in total. The van der Waals surface area contributed by atoms with Gasteiger partial charge in [-0.3, -0.25) is 0 Å². The molecule has 1 nitrogen and oxygen atoms in total. The summed E-state index contributed by atoms with van der Waals surface area (Å²) in [6.07, 6.45) is 3.29. The lowest BCUT2D eigenvalue weighted by atomic mass is 9.89. The maximum atomic E-state index is 13.1. The summed E-state index contributed by atoms with van der Waals surface area (Å²) in [7, 11) is 2.00. The van der Waals surface area contributed by atoms with E-state index < -0.39 is 0 Å². The number of nitrogens with one attached hydrogen (secondary N) is 1. The first-order valence-corrected chi connectivity index (χ1v) is 7.02. The minimum Gasteiger partial charge on any atom is -0.316 e. The Bertz CT molecular complexity index is 350. The summed E-state index contributed by atoms with van der Waals surface area (Å²) in [5.41, 5.74) is 1.17. The summed E-state index contributed by atoms with van der Waals surface area (Å²) in [5.74, 6) is 0.473. The van der Waals surface area contributed by atoms with Crippen molar-refractivity contribution in [2.24, 2.45) is 5.92 Å². The largest absolute Gasteiger partial charge is 0.316 e. The van der Waals surface area contributed by atoms with Crippen molar-refractivity contribution in [3.63, 3.8) is 0 Å². The fraction of sp³-hybridized carbons (Fsp3) is 0.571. The Labute approximate surface area is 112 Å². The normalized spacial score (nSPS) is 13.1. The second-order valence-electron chi connectivity index (χ2n) is 4.42. The number of rotatable bonds is 6. The Morgan fingerprint density at radius 3 is 2.41 bits per heavy atom. The zero-order valence-electron chi connectivity index (χ0n) is 10.8. The molecule has 1 rings (SSSR count). The van der Waals surface area contributed by atoms with Crippen LogP contribution in [0.4, 0.5) is 4.39 Å². The molecule has 0 aliphatic heterocycles. The first-order chi connectivity index (χ1) is 8.12. The van der Waals surface area contributed by atoms with E-state index in [-0.39, 0.29) is 5.82 Å². The SMILES string of the molecule is CCC(CC)C(Cc1ccc(F)c(Br)c1)NC. The molecule has 1 unspecified atom stereocenters. The van der Waals surface area contributed by atoms with Crippen molar-refractivity contribution in [2.45, 2.75) is 39.2 Å². The number of benzene rings is 1. The fourth-order valence-corrected chi connectivity index (χ4v) is 2.71. The Morgan fingerprint density at radius 1 is 1.29 bits per heavy atom. The van der Waals surface area contributed by atoms with E-state index >= 15 is 0 Å². The van der Waals surface area contributed by atoms with Crippen molar-refractivity contribution in [1.29, 1.82) is 0 Å². The topological polar surface area (TPSA) is 12.0 Å². The summed E-state index contributed by atoms with van der Waals surface area (Å²) >= 11 is 3.23. The molecule has 1 atom stereocenters. The van der Waals surface area contributed by atoms with Gasteiger partial charge in [0.05, 0.1) is 4.47 Å². The van der Waals surface area contributed by atoms with E-state index in [0.29, 0.717) is 16.4 Å². The van der Waals surface area contributed by atoms with Crippen molar-refractivity contribution in [2.75, 3.05) is 7.05 Å². The predicted octanol–water partition coefficient (Wildman–Crippen LogP) is 4.15. The van der Waals surface area contributed by atoms with E-state index in [2.05, 4.69) is 35.1 Å². The standard InChI is InChI=1S/C14H21BrFN/c1-4-11(5-2)14(17-3)9-10-6-7-13(16)12(15)8-10/h6-8,11,14,17H,4-5,9H2,1-3H3. The molecule has 0 bridgehead atoms. The number of likely N-dealkylation sites (N-methyl/N-ethyl adjacent to an activating group) is 1. The van der Waals surface area contributed by atoms with Crippen molar-refractivity contribution >= 4 is 15.9 Å². The molecule has 17 heavy (non-hydrogen) atoms. The lowest BCUT2D eigenvalue weighted by Crippen LogP contribution is -2.35. The second kappa shape index (κ2) is 7.12. The molecular formula is C14H21BrFN. The summed E-state index contributed by atoms with van der Waals surface area (Å²) in [6, 6.07) is 5.73. The maximum absolute atomic E-state index is 13.1. The van der Waals surface area contributed by atoms with Crippen LogP contribution in [0.2, 0.25) is 0 Å². The Kier molecular flexibility index (Phi) is 6.14. The smallest absolute Gasteiger partial charge is 0.137 e. The molecule has 96 valence electrons. The van der Waals surface area contributed by atoms with Gasteiger partial charge in [-0.15, -0.1) is 0 Å². The molecule has 0 aromatic heterocycles. The van der Waals surface area contributed by atoms with Crippen LogP contribution in [0.15, 0.2) is 22.7 Å². The molecule has 1 aromatic rings. The minimum absolute atomic E-state index is 0.197. The third-order valence-electron chi connectivity index (χ3n) is 3.43. The highest BCUT2D eigenvalue weighted by Crippen LogP contribution is 2.21. The summed E-state index contributed by atoms with van der Waals surface area (Å²) < 4.78 is 13.7. The van der Waals surface area contributed by atoms with Gasteiger partial charge >= 0.3 is 0 Å². The van der Waals surface area contributed by atoms with Gasteiger partial charge in [0.15, 0.2) is 0 Å². The van der Waals surface area contributed by atoms with Gasteiger partial charge in [-0.05, 0) is 53.0 Å². The van der Waals surface area contributed by atoms with Crippen molar-refractivity contribution in [1.82, 2.24) is 5.32 Å². The maximum Gasteiger partial charge on any atom is 0.137 e. The van der Waals surface area contributed by atoms with E-state index in [4.69, 9.17) is 0 Å². The zero-order chi connectivity index (χ0) is 12.8. The average molecular weight is 302 g/mol. The zero-order valence-corrected chi connectivity index (χ0v) is 12.3. The van der Waals surface area contributed by atoms with Crippen LogP contribution in [-0.2, 0) is 6.42 Å². The molecule has 0 heterocycles. The van der Waals surface area contributed by atoms with E-state index in [0.717, 1.165) is 6.42 Å². The molecule has 0 fully saturated rings. The third-order valence-corrected chi connectivity index (χ3v) is 4.04. The molecule has 0 saturated heterocycles. The first kappa shape index (κ1) is 14.7. The summed E-state index contributed by atoms with van der Waals surface area (Å²) in [6.45, 7) is 4.44. The number of hydrogen-bond donors (Lipinski definition) is 1. The summed E-state index contributed by atoms with van der Waals surface area (Å²) in [4.78, 5) is 0. The third kappa shape index (κ3) is 4.07. The lowest BCUT2D eigenvalue weighted by Gasteiger charge is -2.25. The molecule has 0 saturated carbocycles. The Hall–Kier alpha value is -0.410. The van der Waals surface area contributed by atoms with Crippen molar-refractivity contribution in [3.8, 4) is 0 Å². The highest BCUT2D eigenvalue weighted by atomic mass is 79.9. The molecule has 0 aliphatic carbocycles. The minimum atomic E-state index is -0.197. The number of halogens is 2. The highest BCUT2D eigenvalue weighted by molar-refractivity contribution is 9.10. The van der Waals surface area contributed by atoms with Gasteiger partial charge in [0.1, 0.15) is 5.82 Å². The fourth-order valence-electron chi connectivity index (χ4n) is 2.28. The van der Waals surface area contributed by atoms with Gasteiger partial charge in [-0.2, -0.15) is 0 Å². The van der Waals surface area contributed by atoms with E-state index in [1.165, 1.54) is 24.5 Å². The van der Waals surface area contributed by atoms with Crippen LogP contribution < -0.4 is 5.32 Å². The van der Waals surface area contributed by atoms with Crippen LogP contribution in [0.5, 0.6) is 0 Å². The average Bonchev–Trinajstić information content (AvgIpc) is 2.33. The molecule has 0 radical (unpaired) electrons. The van der Waals surface area contributed by atoms with Gasteiger partial charge in [0, 0.05) is 6.04 Å². The highest BCUT2D eigenvalue weighted by Gasteiger charge is 2.17. The Morgan fingerprint density at radius 2 is 1.94 bits per heavy atom. The molecule has 0 aliphatic rings. The predicted molar refractivity (Wildman–Crippen MR) is 74.7 cm³/mol. The lowest BCUT2D eigenvalue weighted by molar-refractivity contribution is 0.349. The van der Waals surface area contributed by atoms with Crippen LogP contribution in [0.25, 0.3) is 0 Å². The quantitative estimate of drug-likeness (QED) is 0.832. The van der Waals surface area contributed by atoms with Crippen molar-refractivity contribution < 1.29 is 4.39 Å². The van der Waals surface area contributed by atoms with Gasteiger partial charge < -0.3 is 5.32 Å². The van der Waals surface area contributed by atoms with Crippen LogP contribution >= 0.6 is 15.9 Å². The van der Waals surface area contributed by atoms with Crippen LogP contribution in [-0.4, -0.2) is 13.1 Å². The van der Waals surface area contributed by atoms with Crippen LogP contribution in [0.3, 0.4) is 0 Å². The van der Waals surface area contributed by atoms with Gasteiger partial charge in [0.2, 0.25) is 0 Å². The molecule has 1 aromatic carbocycles. The van der Waals surface area contributed by atoms with Crippen LogP contribution in [0, 0.1) is 11.7 Å². The van der Waals surface area contributed by atoms with Gasteiger partial charge in [-0.25, -0.2) is 4.39 Å². The van der Waals surface area contributed by atoms with Crippen LogP contribution in [0.1, 0.15) is 32.3 Å².